The number of ether oxygens (including phenoxy) is 1. The molecule has 29 heavy (non-hydrogen) atoms. The number of carbonyl (C=O) groups excluding carboxylic acids is 1. The molecule has 0 spiro atoms. The Kier molecular flexibility index (Phi) is 17.5. The second-order valence-electron chi connectivity index (χ2n) is 7.83. The van der Waals surface area contributed by atoms with Crippen LogP contribution >= 0.6 is 0 Å². The number of rotatable bonds is 20. The average molecular weight is 422 g/mol. The van der Waals surface area contributed by atoms with Gasteiger partial charge in [0.1, 0.15) is 31.0 Å². The van der Waals surface area contributed by atoms with Crippen LogP contribution in [-0.2, 0) is 9.53 Å². The predicted octanol–water partition coefficient (Wildman–Crippen LogP) is 2.45. The molecule has 0 unspecified atom stereocenters. The average Bonchev–Trinajstić information content (AvgIpc) is 2.75. The fraction of sp³-hybridized carbons (Fsp3) is 0.955. The molecule has 0 aliphatic carbocycles. The Morgan fingerprint density at radius 3 is 1.69 bits per heavy atom. The molecule has 0 aliphatic rings. The maximum absolute atomic E-state index is 11.7. The van der Waals surface area contributed by atoms with Crippen LogP contribution in [0.2, 0.25) is 0 Å². The van der Waals surface area contributed by atoms with E-state index in [-0.39, 0.29) is 6.42 Å². The number of hydrogen-bond acceptors (Lipinski definition) is 7. The molecular weight excluding hydrogens is 376 g/mol. The van der Waals surface area contributed by atoms with Crippen LogP contribution in [0.25, 0.3) is 0 Å². The minimum absolute atomic E-state index is 0.241. The molecule has 4 atom stereocenters. The van der Waals surface area contributed by atoms with Gasteiger partial charge < -0.3 is 30.3 Å². The molecule has 5 N–H and O–H groups in total. The Bertz CT molecular complexity index is 398. The summed E-state index contributed by atoms with van der Waals surface area (Å²) in [6.45, 7) is -0.671. The lowest BCUT2D eigenvalue weighted by Crippen LogP contribution is -2.47. The van der Waals surface area contributed by atoms with Gasteiger partial charge in [-0.3, -0.25) is 4.79 Å². The predicted molar refractivity (Wildman–Crippen MR) is 112 cm³/mol. The highest BCUT2D eigenvalue weighted by Crippen LogP contribution is 2.13. The number of aliphatic hydroxyl groups excluding tert-OH is 5. The molecule has 0 aromatic rings. The minimum atomic E-state index is -1.72. The maximum atomic E-state index is 11.7. The summed E-state index contributed by atoms with van der Waals surface area (Å²) in [5.74, 6) is -0.471. The molecule has 0 amide bonds. The summed E-state index contributed by atoms with van der Waals surface area (Å²) >= 11 is 0. The van der Waals surface area contributed by atoms with Gasteiger partial charge in [-0.1, -0.05) is 83.9 Å². The van der Waals surface area contributed by atoms with Gasteiger partial charge >= 0.3 is 5.97 Å². The minimum Gasteiger partial charge on any atom is -0.463 e. The van der Waals surface area contributed by atoms with E-state index in [9.17, 15) is 25.2 Å². The number of aliphatic hydroxyl groups is 5. The summed E-state index contributed by atoms with van der Waals surface area (Å²) in [6, 6.07) is 0. The van der Waals surface area contributed by atoms with Crippen molar-refractivity contribution in [3.05, 3.63) is 0 Å². The van der Waals surface area contributed by atoms with Gasteiger partial charge in [0.05, 0.1) is 6.61 Å². The second kappa shape index (κ2) is 19.2. The van der Waals surface area contributed by atoms with Crippen LogP contribution in [0.5, 0.6) is 0 Å². The first-order valence-electron chi connectivity index (χ1n) is 11.9. The van der Waals surface area contributed by atoms with Crippen LogP contribution in [0.1, 0.15) is 98.2 Å². The van der Waals surface area contributed by atoms with Crippen molar-refractivity contribution in [3.8, 4) is 0 Å². The summed E-state index contributed by atoms with van der Waals surface area (Å²) in [5, 5.41) is 46.8. The van der Waals surface area contributed by atoms with Crippen LogP contribution in [0.3, 0.4) is 0 Å². The Balaban J connectivity index is 3.49. The number of hydrogen-bond donors (Lipinski definition) is 5. The normalized spacial score (nSPS) is 16.1. The smallest absolute Gasteiger partial charge is 0.305 e. The lowest BCUT2D eigenvalue weighted by molar-refractivity contribution is -0.156. The van der Waals surface area contributed by atoms with E-state index in [4.69, 9.17) is 11.2 Å². The molecule has 0 fully saturated rings. The lowest BCUT2D eigenvalue weighted by Gasteiger charge is -2.25. The molecule has 7 nitrogen and oxygen atoms in total. The largest absolute Gasteiger partial charge is 0.463 e. The van der Waals surface area contributed by atoms with Crippen molar-refractivity contribution < 1.29 is 36.4 Å². The number of esters is 1. The fourth-order valence-corrected chi connectivity index (χ4v) is 3.13. The Morgan fingerprint density at radius 1 is 0.759 bits per heavy atom. The van der Waals surface area contributed by atoms with E-state index in [1.165, 1.54) is 51.4 Å². The van der Waals surface area contributed by atoms with Gasteiger partial charge in [-0.2, -0.15) is 0 Å². The van der Waals surface area contributed by atoms with Crippen LogP contribution < -0.4 is 0 Å². The van der Waals surface area contributed by atoms with Gasteiger partial charge in [0, 0.05) is 7.79 Å². The maximum Gasteiger partial charge on any atom is 0.305 e. The number of carbonyl (C=O) groups is 1. The van der Waals surface area contributed by atoms with Gasteiger partial charge in [0.25, 0.3) is 0 Å². The number of unbranched alkanes of at least 4 members (excludes halogenated alkanes) is 12. The summed E-state index contributed by atoms with van der Waals surface area (Å²) in [6.07, 6.45) is 8.71. The van der Waals surface area contributed by atoms with Crippen LogP contribution in [-0.4, -0.2) is 69.1 Å². The topological polar surface area (TPSA) is 127 Å². The van der Waals surface area contributed by atoms with E-state index >= 15 is 0 Å². The highest BCUT2D eigenvalue weighted by atomic mass is 16.5. The van der Waals surface area contributed by atoms with E-state index in [2.05, 4.69) is 0 Å². The first-order valence-corrected chi connectivity index (χ1v) is 11.2. The van der Waals surface area contributed by atoms with Crippen molar-refractivity contribution in [3.63, 3.8) is 0 Å². The first kappa shape index (κ1) is 26.3. The van der Waals surface area contributed by atoms with Crippen molar-refractivity contribution >= 4 is 5.97 Å². The van der Waals surface area contributed by atoms with Crippen LogP contribution in [0.15, 0.2) is 0 Å². The van der Waals surface area contributed by atoms with E-state index in [1.54, 1.807) is 0 Å². The molecule has 7 heteroatoms. The molecule has 0 rings (SSSR count). The zero-order valence-corrected chi connectivity index (χ0v) is 17.9. The Morgan fingerprint density at radius 2 is 1.21 bits per heavy atom. The van der Waals surface area contributed by atoms with Crippen molar-refractivity contribution in [1.82, 2.24) is 0 Å². The Labute approximate surface area is 177 Å². The molecule has 0 aromatic heterocycles. The summed E-state index contributed by atoms with van der Waals surface area (Å²) in [5.41, 5.74) is 0. The third-order valence-corrected chi connectivity index (χ3v) is 5.12. The van der Waals surface area contributed by atoms with Crippen LogP contribution in [0, 0.1) is 0 Å². The molecule has 174 valence electrons. The highest BCUT2D eigenvalue weighted by molar-refractivity contribution is 5.69. The second-order valence-corrected chi connectivity index (χ2v) is 7.83. The van der Waals surface area contributed by atoms with Crippen molar-refractivity contribution in [1.29, 1.82) is 0 Å². The first-order chi connectivity index (χ1) is 14.4. The molecule has 0 heterocycles. The van der Waals surface area contributed by atoms with Gasteiger partial charge in [-0.25, -0.2) is 0 Å². The van der Waals surface area contributed by atoms with Crippen molar-refractivity contribution in [2.24, 2.45) is 0 Å². The van der Waals surface area contributed by atoms with Gasteiger partial charge in [-0.05, 0) is 6.42 Å². The zero-order chi connectivity index (χ0) is 22.6. The Hall–Kier alpha value is -0.730. The summed E-state index contributed by atoms with van der Waals surface area (Å²) < 4.78 is 12.0. The molecule has 0 bridgehead atoms. The highest BCUT2D eigenvalue weighted by Gasteiger charge is 2.30. The van der Waals surface area contributed by atoms with Crippen molar-refractivity contribution in [2.75, 3.05) is 13.2 Å². The molecule has 0 saturated carbocycles. The third kappa shape index (κ3) is 15.7. The third-order valence-electron chi connectivity index (χ3n) is 5.12. The quantitative estimate of drug-likeness (QED) is 0.151. The lowest BCUT2D eigenvalue weighted by atomic mass is 10.0. The van der Waals surface area contributed by atoms with Crippen LogP contribution in [0.4, 0.5) is 0 Å². The molecule has 0 aliphatic heterocycles. The van der Waals surface area contributed by atoms with Gasteiger partial charge in [-0.15, -0.1) is 0 Å². The molecule has 0 radical (unpaired) electrons. The van der Waals surface area contributed by atoms with E-state index in [1.807, 2.05) is 0 Å². The van der Waals surface area contributed by atoms with Gasteiger partial charge in [0.2, 0.25) is 0 Å². The molecule has 0 aromatic carbocycles. The standard InChI is InChI=1S/C22H44O7/c1-2-3-4-5-6-7-8-9-10-11-12-13-14-15-20(26)29-17-19(25)22(28)21(27)18(24)16-23/h18-19,21-25,27-28H,2-17H2,1H3/t18-,19+,21+,22+/m0/s1/i1D. The zero-order valence-electron chi connectivity index (χ0n) is 18.9. The summed E-state index contributed by atoms with van der Waals surface area (Å²) in [7, 11) is 0. The van der Waals surface area contributed by atoms with Gasteiger partial charge in [0.15, 0.2) is 0 Å². The van der Waals surface area contributed by atoms with E-state index in [0.29, 0.717) is 13.3 Å². The molecular formula is C22H44O7. The SMILES string of the molecule is [2H]CCCCCCCCCCCCCCCC(=O)OC[C@@H](O)[C@@H](O)[C@H](O)[C@@H](O)CO. The fourth-order valence-electron chi connectivity index (χ4n) is 3.13. The monoisotopic (exact) mass is 421 g/mol. The summed E-state index contributed by atoms with van der Waals surface area (Å²) in [4.78, 5) is 11.7. The molecule has 0 saturated heterocycles. The van der Waals surface area contributed by atoms with E-state index < -0.39 is 43.6 Å². The van der Waals surface area contributed by atoms with Crippen molar-refractivity contribution in [2.45, 2.75) is 121 Å². The van der Waals surface area contributed by atoms with E-state index in [0.717, 1.165) is 25.7 Å².